The van der Waals surface area contributed by atoms with Gasteiger partial charge in [-0.05, 0) is 31.0 Å². The molecule has 2 aromatic rings. The summed E-state index contributed by atoms with van der Waals surface area (Å²) in [5.41, 5.74) is 5.49. The van der Waals surface area contributed by atoms with Crippen LogP contribution in [0.15, 0.2) is 48.7 Å². The van der Waals surface area contributed by atoms with Gasteiger partial charge in [0.05, 0.1) is 18.4 Å². The second-order valence-corrected chi connectivity index (χ2v) is 6.36. The number of ether oxygens (including phenoxy) is 1. The topological polar surface area (TPSA) is 94.9 Å². The van der Waals surface area contributed by atoms with Crippen molar-refractivity contribution in [1.82, 2.24) is 15.4 Å². The van der Waals surface area contributed by atoms with E-state index in [0.29, 0.717) is 13.0 Å². The van der Waals surface area contributed by atoms with Crippen molar-refractivity contribution in [2.45, 2.75) is 80.6 Å². The first-order chi connectivity index (χ1) is 16.0. The lowest BCUT2D eigenvalue weighted by Gasteiger charge is -2.25. The molecule has 0 aliphatic heterocycles. The van der Waals surface area contributed by atoms with Gasteiger partial charge in [-0.25, -0.2) is 9.80 Å². The molecule has 188 valence electrons. The van der Waals surface area contributed by atoms with Crippen LogP contribution in [0, 0.1) is 0 Å². The zero-order valence-electron chi connectivity index (χ0n) is 21.7. The van der Waals surface area contributed by atoms with Crippen LogP contribution in [-0.2, 0) is 11.3 Å². The number of nitrogens with zero attached hydrogens (tertiary/aromatic N) is 2. The normalized spacial score (nSPS) is 11.4. The minimum atomic E-state index is -0.662. The van der Waals surface area contributed by atoms with Gasteiger partial charge in [0.1, 0.15) is 6.10 Å². The van der Waals surface area contributed by atoms with Crippen molar-refractivity contribution in [2.75, 3.05) is 13.2 Å². The van der Waals surface area contributed by atoms with E-state index in [1.54, 1.807) is 18.1 Å². The highest BCUT2D eigenvalue weighted by atomic mass is 16.6. The quantitative estimate of drug-likeness (QED) is 0.430. The average molecular weight is 464 g/mol. The summed E-state index contributed by atoms with van der Waals surface area (Å²) in [5.74, 6) is 0. The van der Waals surface area contributed by atoms with Crippen LogP contribution in [0.3, 0.4) is 0 Å². The van der Waals surface area contributed by atoms with Crippen LogP contribution in [0.1, 0.15) is 67.4 Å². The van der Waals surface area contributed by atoms with E-state index in [-0.39, 0.29) is 13.2 Å². The van der Waals surface area contributed by atoms with E-state index in [2.05, 4.69) is 10.4 Å². The first kappa shape index (κ1) is 32.7. The molecule has 0 bridgehead atoms. The number of hydrazine groups is 1. The zero-order valence-corrected chi connectivity index (χ0v) is 21.7. The molecule has 7 nitrogen and oxygen atoms in total. The number of benzene rings is 1. The van der Waals surface area contributed by atoms with E-state index in [1.807, 2.05) is 90.9 Å². The van der Waals surface area contributed by atoms with Gasteiger partial charge in [-0.2, -0.15) is 0 Å². The molecular formula is C26H45N3O4. The number of carbonyl (C=O) groups excluding carboxylic acids is 1. The Balaban J connectivity index is 0. The van der Waals surface area contributed by atoms with E-state index < -0.39 is 18.3 Å². The van der Waals surface area contributed by atoms with E-state index in [0.717, 1.165) is 16.8 Å². The van der Waals surface area contributed by atoms with Gasteiger partial charge in [0, 0.05) is 24.8 Å². The van der Waals surface area contributed by atoms with Crippen LogP contribution < -0.4 is 5.43 Å². The Morgan fingerprint density at radius 1 is 1.06 bits per heavy atom. The Morgan fingerprint density at radius 2 is 1.67 bits per heavy atom. The largest absolute Gasteiger partial charge is 0.443 e. The summed E-state index contributed by atoms with van der Waals surface area (Å²) in [6.45, 7) is 15.9. The second-order valence-electron chi connectivity index (χ2n) is 6.36. The number of nitrogens with one attached hydrogen (secondary N) is 1. The summed E-state index contributed by atoms with van der Waals surface area (Å²) < 4.78 is 5.03. The van der Waals surface area contributed by atoms with Crippen LogP contribution in [0.2, 0.25) is 0 Å². The first-order valence-corrected chi connectivity index (χ1v) is 12.0. The van der Waals surface area contributed by atoms with Crippen molar-refractivity contribution < 1.29 is 19.7 Å². The molecule has 2 atom stereocenters. The molecule has 0 spiro atoms. The van der Waals surface area contributed by atoms with Crippen molar-refractivity contribution in [3.8, 4) is 11.3 Å². The van der Waals surface area contributed by atoms with E-state index in [9.17, 15) is 9.90 Å². The van der Waals surface area contributed by atoms with E-state index in [1.165, 1.54) is 0 Å². The summed E-state index contributed by atoms with van der Waals surface area (Å²) >= 11 is 0. The van der Waals surface area contributed by atoms with Crippen molar-refractivity contribution >= 4 is 6.09 Å². The third-order valence-electron chi connectivity index (χ3n) is 4.01. The molecule has 3 N–H and O–H groups in total. The average Bonchev–Trinajstić information content (AvgIpc) is 2.88. The molecule has 1 heterocycles. The molecule has 33 heavy (non-hydrogen) atoms. The number of aliphatic hydroxyl groups is 2. The summed E-state index contributed by atoms with van der Waals surface area (Å²) in [7, 11) is 0. The van der Waals surface area contributed by atoms with Gasteiger partial charge < -0.3 is 14.9 Å². The summed E-state index contributed by atoms with van der Waals surface area (Å²) in [5, 5.41) is 20.6. The molecular weight excluding hydrogens is 418 g/mol. The lowest BCUT2D eigenvalue weighted by molar-refractivity contribution is 0.0327. The monoisotopic (exact) mass is 463 g/mol. The fourth-order valence-electron chi connectivity index (χ4n) is 2.44. The number of hydrogen-bond donors (Lipinski definition) is 3. The highest BCUT2D eigenvalue weighted by Gasteiger charge is 2.16. The Labute approximate surface area is 200 Å². The molecule has 0 fully saturated rings. The number of aliphatic hydroxyl groups excluding tert-OH is 2. The number of rotatable bonds is 9. The zero-order chi connectivity index (χ0) is 25.6. The Bertz CT molecular complexity index is 696. The number of hydrogen-bond acceptors (Lipinski definition) is 6. The van der Waals surface area contributed by atoms with Crippen LogP contribution in [0.5, 0.6) is 0 Å². The molecule has 1 aromatic heterocycles. The van der Waals surface area contributed by atoms with Gasteiger partial charge >= 0.3 is 6.09 Å². The Morgan fingerprint density at radius 3 is 2.15 bits per heavy atom. The van der Waals surface area contributed by atoms with E-state index in [4.69, 9.17) is 9.84 Å². The Hall–Kier alpha value is -2.48. The number of amides is 1. The van der Waals surface area contributed by atoms with Crippen LogP contribution in [0.25, 0.3) is 11.3 Å². The van der Waals surface area contributed by atoms with Gasteiger partial charge in [-0.1, -0.05) is 78.8 Å². The molecule has 2 rings (SSSR count). The fraction of sp³-hybridized carbons (Fsp3) is 0.538. The van der Waals surface area contributed by atoms with Crippen LogP contribution in [0.4, 0.5) is 4.79 Å². The fourth-order valence-corrected chi connectivity index (χ4v) is 2.44. The third-order valence-corrected chi connectivity index (χ3v) is 4.01. The first-order valence-electron chi connectivity index (χ1n) is 12.0. The van der Waals surface area contributed by atoms with Crippen LogP contribution in [-0.4, -0.2) is 51.7 Å². The lowest BCUT2D eigenvalue weighted by atomic mass is 10.1. The highest BCUT2D eigenvalue weighted by Crippen LogP contribution is 2.17. The molecule has 0 radical (unpaired) electrons. The summed E-state index contributed by atoms with van der Waals surface area (Å²) in [6.07, 6.45) is 0.484. The van der Waals surface area contributed by atoms with Crippen molar-refractivity contribution in [3.05, 3.63) is 54.2 Å². The second kappa shape index (κ2) is 21.4. The number of aromatic nitrogens is 1. The van der Waals surface area contributed by atoms with Crippen LogP contribution >= 0.6 is 0 Å². The maximum atomic E-state index is 11.9. The van der Waals surface area contributed by atoms with Crippen molar-refractivity contribution in [3.63, 3.8) is 0 Å². The molecule has 1 aromatic carbocycles. The highest BCUT2D eigenvalue weighted by molar-refractivity contribution is 5.66. The predicted octanol–water partition coefficient (Wildman–Crippen LogP) is 5.42. The van der Waals surface area contributed by atoms with Gasteiger partial charge in [-0.3, -0.25) is 10.4 Å². The standard InChI is InChI=1S/C20H27N3O4.3C2H6/c1-3-18(25)13-23(22-20(26)27-15(2)14-24)12-16-7-9-17(10-8-16)19-6-4-5-11-21-19;3*1-2/h4-11,15,18,24-25H,3,12-14H2,1-2H3,(H,22,26);3*1-2H3. The van der Waals surface area contributed by atoms with Gasteiger partial charge in [0.15, 0.2) is 0 Å². The SMILES string of the molecule is CC.CC.CC.CCC(O)CN(Cc1ccc(-c2ccccn2)cc1)NC(=O)OC(C)CO. The predicted molar refractivity (Wildman–Crippen MR) is 137 cm³/mol. The molecule has 0 aliphatic carbocycles. The summed E-state index contributed by atoms with van der Waals surface area (Å²) in [4.78, 5) is 16.3. The van der Waals surface area contributed by atoms with Gasteiger partial charge in [-0.15, -0.1) is 0 Å². The van der Waals surface area contributed by atoms with E-state index >= 15 is 0 Å². The minimum absolute atomic E-state index is 0.250. The van der Waals surface area contributed by atoms with Crippen molar-refractivity contribution in [2.24, 2.45) is 0 Å². The van der Waals surface area contributed by atoms with Gasteiger partial charge in [0.25, 0.3) is 0 Å². The Kier molecular flexibility index (Phi) is 21.2. The molecule has 0 saturated heterocycles. The molecule has 7 heteroatoms. The smallest absolute Gasteiger partial charge is 0.422 e. The molecule has 0 saturated carbocycles. The lowest BCUT2D eigenvalue weighted by Crippen LogP contribution is -2.46. The third kappa shape index (κ3) is 14.3. The molecule has 1 amide bonds. The summed E-state index contributed by atoms with van der Waals surface area (Å²) in [6, 6.07) is 13.6. The van der Waals surface area contributed by atoms with Crippen molar-refractivity contribution in [1.29, 1.82) is 0 Å². The maximum Gasteiger partial charge on any atom is 0.422 e. The maximum absolute atomic E-state index is 11.9. The molecule has 0 aliphatic rings. The number of pyridine rings is 1. The number of carbonyl (C=O) groups is 1. The minimum Gasteiger partial charge on any atom is -0.443 e. The van der Waals surface area contributed by atoms with Gasteiger partial charge in [0.2, 0.25) is 0 Å². The molecule has 2 unspecified atom stereocenters.